The molecule has 100 valence electrons. The summed E-state index contributed by atoms with van der Waals surface area (Å²) >= 11 is 0. The molecule has 0 aliphatic rings. The van der Waals surface area contributed by atoms with Gasteiger partial charge in [-0.1, -0.05) is 37.3 Å². The molecule has 1 heterocycles. The van der Waals surface area contributed by atoms with Gasteiger partial charge in [-0.25, -0.2) is 0 Å². The standard InChI is InChI=1S/C16H19NO2/c1-12(13-7-4-3-5-8-13)11-14(18)16-15(19-2)9-6-10-17-16/h3-10,12,14,18H,11H2,1-2H3. The molecular formula is C16H19NO2. The van der Waals surface area contributed by atoms with Crippen LogP contribution in [-0.2, 0) is 0 Å². The Labute approximate surface area is 113 Å². The minimum absolute atomic E-state index is 0.267. The first-order chi connectivity index (χ1) is 9.22. The molecule has 0 saturated heterocycles. The number of aliphatic hydroxyl groups is 1. The predicted octanol–water partition coefficient (Wildman–Crippen LogP) is 3.32. The molecule has 1 N–H and O–H groups in total. The molecule has 19 heavy (non-hydrogen) atoms. The zero-order valence-electron chi connectivity index (χ0n) is 11.3. The molecule has 2 rings (SSSR count). The molecular weight excluding hydrogens is 238 g/mol. The average molecular weight is 257 g/mol. The van der Waals surface area contributed by atoms with Crippen LogP contribution in [0, 0.1) is 0 Å². The Bertz CT molecular complexity index is 513. The van der Waals surface area contributed by atoms with Crippen molar-refractivity contribution in [3.05, 3.63) is 59.9 Å². The summed E-state index contributed by atoms with van der Waals surface area (Å²) in [5, 5.41) is 10.3. The molecule has 3 heteroatoms. The van der Waals surface area contributed by atoms with Gasteiger partial charge in [-0.2, -0.15) is 0 Å². The van der Waals surface area contributed by atoms with Crippen molar-refractivity contribution in [3.8, 4) is 5.75 Å². The second-order valence-electron chi connectivity index (χ2n) is 4.65. The molecule has 0 spiro atoms. The predicted molar refractivity (Wildman–Crippen MR) is 75.2 cm³/mol. The van der Waals surface area contributed by atoms with Gasteiger partial charge in [0.25, 0.3) is 0 Å². The first-order valence-corrected chi connectivity index (χ1v) is 6.44. The van der Waals surface area contributed by atoms with E-state index in [1.165, 1.54) is 5.56 Å². The van der Waals surface area contributed by atoms with E-state index in [1.807, 2.05) is 24.3 Å². The summed E-state index contributed by atoms with van der Waals surface area (Å²) in [5.41, 5.74) is 1.82. The lowest BCUT2D eigenvalue weighted by atomic mass is 9.93. The maximum Gasteiger partial charge on any atom is 0.143 e. The van der Waals surface area contributed by atoms with Crippen LogP contribution < -0.4 is 4.74 Å². The Morgan fingerprint density at radius 3 is 2.58 bits per heavy atom. The second-order valence-corrected chi connectivity index (χ2v) is 4.65. The van der Waals surface area contributed by atoms with Crippen LogP contribution >= 0.6 is 0 Å². The van der Waals surface area contributed by atoms with Crippen molar-refractivity contribution < 1.29 is 9.84 Å². The van der Waals surface area contributed by atoms with Crippen LogP contribution in [0.4, 0.5) is 0 Å². The molecule has 1 aromatic heterocycles. The van der Waals surface area contributed by atoms with Crippen molar-refractivity contribution in [2.75, 3.05) is 7.11 Å². The van der Waals surface area contributed by atoms with Gasteiger partial charge in [-0.3, -0.25) is 4.98 Å². The van der Waals surface area contributed by atoms with Crippen LogP contribution in [0.2, 0.25) is 0 Å². The van der Waals surface area contributed by atoms with Crippen molar-refractivity contribution in [2.45, 2.75) is 25.4 Å². The molecule has 1 aromatic carbocycles. The Kier molecular flexibility index (Phi) is 4.53. The third kappa shape index (κ3) is 3.32. The fourth-order valence-corrected chi connectivity index (χ4v) is 2.19. The van der Waals surface area contributed by atoms with E-state index in [-0.39, 0.29) is 5.92 Å². The maximum atomic E-state index is 10.3. The number of methoxy groups -OCH3 is 1. The largest absolute Gasteiger partial charge is 0.495 e. The summed E-state index contributed by atoms with van der Waals surface area (Å²) in [6.45, 7) is 2.11. The van der Waals surface area contributed by atoms with Crippen molar-refractivity contribution in [1.29, 1.82) is 0 Å². The zero-order valence-corrected chi connectivity index (χ0v) is 11.3. The van der Waals surface area contributed by atoms with Crippen LogP contribution in [0.1, 0.15) is 36.6 Å². The summed E-state index contributed by atoms with van der Waals surface area (Å²) in [6.07, 6.45) is 1.68. The van der Waals surface area contributed by atoms with Crippen molar-refractivity contribution in [1.82, 2.24) is 4.98 Å². The minimum atomic E-state index is -0.619. The molecule has 0 amide bonds. The van der Waals surface area contributed by atoms with Gasteiger partial charge in [0.05, 0.1) is 7.11 Å². The molecule has 2 unspecified atom stereocenters. The van der Waals surface area contributed by atoms with Gasteiger partial charge in [0.2, 0.25) is 0 Å². The lowest BCUT2D eigenvalue weighted by Crippen LogP contribution is -2.07. The Hall–Kier alpha value is -1.87. The zero-order chi connectivity index (χ0) is 13.7. The Balaban J connectivity index is 2.11. The van der Waals surface area contributed by atoms with Gasteiger partial charge < -0.3 is 9.84 Å². The quantitative estimate of drug-likeness (QED) is 0.893. The highest BCUT2D eigenvalue weighted by Crippen LogP contribution is 2.30. The van der Waals surface area contributed by atoms with E-state index in [4.69, 9.17) is 4.74 Å². The first kappa shape index (κ1) is 13.6. The molecule has 0 bridgehead atoms. The molecule has 2 atom stereocenters. The smallest absolute Gasteiger partial charge is 0.143 e. The molecule has 0 aliphatic heterocycles. The highest BCUT2D eigenvalue weighted by molar-refractivity contribution is 5.29. The summed E-state index contributed by atoms with van der Waals surface area (Å²) in [6, 6.07) is 13.8. The topological polar surface area (TPSA) is 42.4 Å². The van der Waals surface area contributed by atoms with Crippen molar-refractivity contribution >= 4 is 0 Å². The molecule has 0 aliphatic carbocycles. The molecule has 3 nitrogen and oxygen atoms in total. The van der Waals surface area contributed by atoms with Gasteiger partial charge >= 0.3 is 0 Å². The Morgan fingerprint density at radius 1 is 1.16 bits per heavy atom. The Morgan fingerprint density at radius 2 is 1.89 bits per heavy atom. The van der Waals surface area contributed by atoms with Gasteiger partial charge in [-0.15, -0.1) is 0 Å². The van der Waals surface area contributed by atoms with Crippen molar-refractivity contribution in [3.63, 3.8) is 0 Å². The number of pyridine rings is 1. The number of hydrogen-bond acceptors (Lipinski definition) is 3. The number of rotatable bonds is 5. The van der Waals surface area contributed by atoms with E-state index in [0.717, 1.165) is 0 Å². The van der Waals surface area contributed by atoms with E-state index in [0.29, 0.717) is 17.9 Å². The van der Waals surface area contributed by atoms with Crippen LogP contribution in [0.15, 0.2) is 48.7 Å². The monoisotopic (exact) mass is 257 g/mol. The van der Waals surface area contributed by atoms with E-state index >= 15 is 0 Å². The summed E-state index contributed by atoms with van der Waals surface area (Å²) in [7, 11) is 1.59. The maximum absolute atomic E-state index is 10.3. The van der Waals surface area contributed by atoms with E-state index in [1.54, 1.807) is 19.4 Å². The van der Waals surface area contributed by atoms with Crippen LogP contribution in [-0.4, -0.2) is 17.2 Å². The molecule has 0 saturated carbocycles. The highest BCUT2D eigenvalue weighted by atomic mass is 16.5. The molecule has 0 radical (unpaired) electrons. The SMILES string of the molecule is COc1cccnc1C(O)CC(C)c1ccccc1. The van der Waals surface area contributed by atoms with Gasteiger partial charge in [0.15, 0.2) is 0 Å². The third-order valence-corrected chi connectivity index (χ3v) is 3.28. The summed E-state index contributed by atoms with van der Waals surface area (Å²) in [4.78, 5) is 4.22. The third-order valence-electron chi connectivity index (χ3n) is 3.28. The lowest BCUT2D eigenvalue weighted by molar-refractivity contribution is 0.151. The van der Waals surface area contributed by atoms with Gasteiger partial charge in [0.1, 0.15) is 17.5 Å². The minimum Gasteiger partial charge on any atom is -0.495 e. The van der Waals surface area contributed by atoms with Gasteiger partial charge in [0, 0.05) is 6.20 Å². The van der Waals surface area contributed by atoms with Crippen molar-refractivity contribution in [2.24, 2.45) is 0 Å². The molecule has 0 fully saturated rings. The second kappa shape index (κ2) is 6.34. The van der Waals surface area contributed by atoms with E-state index in [9.17, 15) is 5.11 Å². The number of ether oxygens (including phenoxy) is 1. The lowest BCUT2D eigenvalue weighted by Gasteiger charge is -2.18. The summed E-state index contributed by atoms with van der Waals surface area (Å²) in [5.74, 6) is 0.901. The number of hydrogen-bond donors (Lipinski definition) is 1. The molecule has 2 aromatic rings. The number of aliphatic hydroxyl groups excluding tert-OH is 1. The van der Waals surface area contributed by atoms with Crippen LogP contribution in [0.5, 0.6) is 5.75 Å². The number of nitrogens with zero attached hydrogens (tertiary/aromatic N) is 1. The average Bonchev–Trinajstić information content (AvgIpc) is 2.48. The van der Waals surface area contributed by atoms with Crippen LogP contribution in [0.25, 0.3) is 0 Å². The fourth-order valence-electron chi connectivity index (χ4n) is 2.19. The highest BCUT2D eigenvalue weighted by Gasteiger charge is 2.18. The van der Waals surface area contributed by atoms with E-state index < -0.39 is 6.10 Å². The number of aromatic nitrogens is 1. The first-order valence-electron chi connectivity index (χ1n) is 6.44. The normalized spacial score (nSPS) is 13.8. The van der Waals surface area contributed by atoms with Gasteiger partial charge in [-0.05, 0) is 30.0 Å². The number of benzene rings is 1. The van der Waals surface area contributed by atoms with E-state index in [2.05, 4.69) is 24.0 Å². The summed E-state index contributed by atoms with van der Waals surface area (Å²) < 4.78 is 5.23. The van der Waals surface area contributed by atoms with Crippen LogP contribution in [0.3, 0.4) is 0 Å². The fraction of sp³-hybridized carbons (Fsp3) is 0.312.